The van der Waals surface area contributed by atoms with Gasteiger partial charge in [0.25, 0.3) is 0 Å². The Morgan fingerprint density at radius 1 is 1.11 bits per heavy atom. The summed E-state index contributed by atoms with van der Waals surface area (Å²) in [5.41, 5.74) is 0. The molecule has 0 aromatic carbocycles. The number of rotatable bonds is 11. The van der Waals surface area contributed by atoms with Crippen LogP contribution in [0.25, 0.3) is 0 Å². The fourth-order valence-electron chi connectivity index (χ4n) is 2.50. The zero-order valence-corrected chi connectivity index (χ0v) is 15.9. The fourth-order valence-corrected chi connectivity index (χ4v) is 2.50. The average Bonchev–Trinajstić information content (AvgIpc) is 2.71. The van der Waals surface area contributed by atoms with E-state index in [1.54, 1.807) is 30.4 Å². The van der Waals surface area contributed by atoms with Crippen LogP contribution in [0.15, 0.2) is 61.4 Å². The van der Waals surface area contributed by atoms with Crippen LogP contribution in [-0.2, 0) is 28.6 Å². The van der Waals surface area contributed by atoms with E-state index in [2.05, 4.69) is 13.2 Å². The van der Waals surface area contributed by atoms with E-state index in [1.807, 2.05) is 6.92 Å². The first-order chi connectivity index (χ1) is 13.4. The van der Waals surface area contributed by atoms with E-state index in [1.165, 1.54) is 6.08 Å². The summed E-state index contributed by atoms with van der Waals surface area (Å²) in [5.74, 6) is -3.61. The van der Waals surface area contributed by atoms with Crippen molar-refractivity contribution in [2.75, 3.05) is 13.2 Å². The molecule has 1 aliphatic rings. The molecule has 7 heteroatoms. The van der Waals surface area contributed by atoms with Crippen molar-refractivity contribution in [1.82, 2.24) is 0 Å². The Balaban J connectivity index is 2.82. The summed E-state index contributed by atoms with van der Waals surface area (Å²) in [7, 11) is 0. The lowest BCUT2D eigenvalue weighted by Gasteiger charge is -2.26. The van der Waals surface area contributed by atoms with Gasteiger partial charge in [-0.2, -0.15) is 0 Å². The van der Waals surface area contributed by atoms with Crippen molar-refractivity contribution in [3.8, 4) is 0 Å². The van der Waals surface area contributed by atoms with Gasteiger partial charge in [0.2, 0.25) is 0 Å². The highest BCUT2D eigenvalue weighted by molar-refractivity contribution is 5.82. The Morgan fingerprint density at radius 3 is 2.32 bits per heavy atom. The van der Waals surface area contributed by atoms with E-state index >= 15 is 0 Å². The number of carbonyl (C=O) groups excluding carboxylic acids is 2. The van der Waals surface area contributed by atoms with Gasteiger partial charge in [-0.25, -0.2) is 4.79 Å². The van der Waals surface area contributed by atoms with Gasteiger partial charge in [-0.15, -0.1) is 0 Å². The molecule has 0 saturated heterocycles. The third kappa shape index (κ3) is 7.65. The van der Waals surface area contributed by atoms with E-state index in [0.717, 1.165) is 6.08 Å². The predicted molar refractivity (Wildman–Crippen MR) is 103 cm³/mol. The molecule has 28 heavy (non-hydrogen) atoms. The number of hydrogen-bond donors (Lipinski definition) is 1. The summed E-state index contributed by atoms with van der Waals surface area (Å²) in [4.78, 5) is 35.3. The van der Waals surface area contributed by atoms with E-state index in [-0.39, 0.29) is 26.1 Å². The summed E-state index contributed by atoms with van der Waals surface area (Å²) < 4.78 is 15.9. The number of carboxylic acids is 1. The van der Waals surface area contributed by atoms with Crippen LogP contribution in [0.1, 0.15) is 19.8 Å². The number of allylic oxidation sites excluding steroid dienone is 6. The van der Waals surface area contributed by atoms with Crippen LogP contribution < -0.4 is 0 Å². The first kappa shape index (κ1) is 23.0. The van der Waals surface area contributed by atoms with Gasteiger partial charge in [0.15, 0.2) is 6.10 Å². The molecular formula is C21H26O7. The van der Waals surface area contributed by atoms with Crippen LogP contribution in [0.3, 0.4) is 0 Å². The molecule has 3 unspecified atom stereocenters. The first-order valence-electron chi connectivity index (χ1n) is 8.88. The molecule has 0 aromatic heterocycles. The number of carboxylic acid groups (broad SMARTS) is 1. The maximum Gasteiger partial charge on any atom is 0.330 e. The van der Waals surface area contributed by atoms with Crippen LogP contribution >= 0.6 is 0 Å². The van der Waals surface area contributed by atoms with E-state index in [4.69, 9.17) is 14.2 Å². The van der Waals surface area contributed by atoms with Gasteiger partial charge in [0.1, 0.15) is 19.0 Å². The highest BCUT2D eigenvalue weighted by atomic mass is 16.6. The third-order valence-electron chi connectivity index (χ3n) is 4.00. The number of hydrogen-bond acceptors (Lipinski definition) is 6. The molecule has 0 aromatic rings. The lowest BCUT2D eigenvalue weighted by molar-refractivity contribution is -0.168. The topological polar surface area (TPSA) is 99.1 Å². The maximum absolute atomic E-state index is 12.5. The second-order valence-corrected chi connectivity index (χ2v) is 6.00. The summed E-state index contributed by atoms with van der Waals surface area (Å²) in [6, 6.07) is 0. The van der Waals surface area contributed by atoms with Crippen molar-refractivity contribution in [2.24, 2.45) is 11.8 Å². The molecule has 1 N–H and O–H groups in total. The van der Waals surface area contributed by atoms with Crippen molar-refractivity contribution in [3.05, 3.63) is 61.4 Å². The highest BCUT2D eigenvalue weighted by Gasteiger charge is 2.36. The minimum absolute atomic E-state index is 0.0914. The standard InChI is InChI=1S/C21H26O7/c1-4-7-10-15(5-2)26-13-16(14-27-19(22)6-3)28-21(25)18-12-9-8-11-17(18)20(23)24/h4-10,16-18H,2-3,11-14H2,1H3,(H,23,24)/b7-4-,15-10+. The molecule has 0 radical (unpaired) electrons. The predicted octanol–water partition coefficient (Wildman–Crippen LogP) is 2.96. The van der Waals surface area contributed by atoms with Crippen LogP contribution in [0, 0.1) is 11.8 Å². The van der Waals surface area contributed by atoms with Gasteiger partial charge in [0, 0.05) is 6.08 Å². The summed E-state index contributed by atoms with van der Waals surface area (Å²) >= 11 is 0. The molecular weight excluding hydrogens is 364 g/mol. The van der Waals surface area contributed by atoms with E-state index in [9.17, 15) is 19.5 Å². The second kappa shape index (κ2) is 12.3. The Labute approximate surface area is 164 Å². The molecule has 0 amide bonds. The molecule has 1 aliphatic carbocycles. The largest absolute Gasteiger partial charge is 0.490 e. The molecule has 3 atom stereocenters. The van der Waals surface area contributed by atoms with Crippen molar-refractivity contribution >= 4 is 17.9 Å². The summed E-state index contributed by atoms with van der Waals surface area (Å²) in [6.07, 6.45) is 10.8. The molecule has 0 spiro atoms. The van der Waals surface area contributed by atoms with Gasteiger partial charge in [-0.1, -0.05) is 37.5 Å². The first-order valence-corrected chi connectivity index (χ1v) is 8.88. The molecule has 0 saturated carbocycles. The zero-order chi connectivity index (χ0) is 20.9. The Morgan fingerprint density at radius 2 is 1.75 bits per heavy atom. The molecule has 0 fully saturated rings. The second-order valence-electron chi connectivity index (χ2n) is 6.00. The van der Waals surface area contributed by atoms with Gasteiger partial charge in [-0.05, 0) is 31.9 Å². The van der Waals surface area contributed by atoms with Gasteiger partial charge in [0.05, 0.1) is 11.8 Å². The van der Waals surface area contributed by atoms with E-state index in [0.29, 0.717) is 5.76 Å². The fraction of sp³-hybridized carbons (Fsp3) is 0.381. The molecule has 152 valence electrons. The van der Waals surface area contributed by atoms with Crippen LogP contribution in [0.2, 0.25) is 0 Å². The molecule has 0 bridgehead atoms. The third-order valence-corrected chi connectivity index (χ3v) is 4.00. The van der Waals surface area contributed by atoms with Crippen LogP contribution in [-0.4, -0.2) is 42.3 Å². The quantitative estimate of drug-likeness (QED) is 0.190. The van der Waals surface area contributed by atoms with Gasteiger partial charge < -0.3 is 19.3 Å². The minimum Gasteiger partial charge on any atom is -0.490 e. The molecule has 0 aliphatic heterocycles. The number of carbonyl (C=O) groups is 3. The van der Waals surface area contributed by atoms with Crippen molar-refractivity contribution in [3.63, 3.8) is 0 Å². The Kier molecular flexibility index (Phi) is 10.1. The maximum atomic E-state index is 12.5. The van der Waals surface area contributed by atoms with Crippen LogP contribution in [0.5, 0.6) is 0 Å². The number of ether oxygens (including phenoxy) is 3. The number of esters is 2. The van der Waals surface area contributed by atoms with Crippen LogP contribution in [0.4, 0.5) is 0 Å². The monoisotopic (exact) mass is 390 g/mol. The highest BCUT2D eigenvalue weighted by Crippen LogP contribution is 2.27. The lowest BCUT2D eigenvalue weighted by atomic mass is 9.83. The lowest BCUT2D eigenvalue weighted by Crippen LogP contribution is -2.37. The summed E-state index contributed by atoms with van der Waals surface area (Å²) in [5, 5.41) is 9.32. The zero-order valence-electron chi connectivity index (χ0n) is 15.9. The van der Waals surface area contributed by atoms with Crippen molar-refractivity contribution < 1.29 is 33.7 Å². The Hall–Kier alpha value is -3.09. The normalized spacial score (nSPS) is 20.2. The van der Waals surface area contributed by atoms with Gasteiger partial charge in [-0.3, -0.25) is 9.59 Å². The smallest absolute Gasteiger partial charge is 0.330 e. The average molecular weight is 390 g/mol. The van der Waals surface area contributed by atoms with Crippen molar-refractivity contribution in [2.45, 2.75) is 25.9 Å². The van der Waals surface area contributed by atoms with E-state index < -0.39 is 35.8 Å². The molecule has 1 rings (SSSR count). The van der Waals surface area contributed by atoms with Gasteiger partial charge >= 0.3 is 17.9 Å². The summed E-state index contributed by atoms with van der Waals surface area (Å²) in [6.45, 7) is 8.45. The van der Waals surface area contributed by atoms with Crippen molar-refractivity contribution in [1.29, 1.82) is 0 Å². The minimum atomic E-state index is -1.06. The molecule has 0 heterocycles. The Bertz CT molecular complexity index is 672. The number of aliphatic carboxylic acids is 1. The SMILES string of the molecule is C=CC(=O)OCC(CO/C(C=C)=C/C=C\C)OC(=O)C1CC=CCC1C(=O)O. The molecule has 7 nitrogen and oxygen atoms in total.